The van der Waals surface area contributed by atoms with Crippen LogP contribution < -0.4 is 10.6 Å². The highest BCUT2D eigenvalue weighted by atomic mass is 35.5. The first-order chi connectivity index (χ1) is 10.2. The average Bonchev–Trinajstić information content (AvgIpc) is 3.11. The lowest BCUT2D eigenvalue weighted by molar-refractivity contribution is -0.122. The summed E-state index contributed by atoms with van der Waals surface area (Å²) in [5.74, 6) is 0.366. The van der Waals surface area contributed by atoms with Gasteiger partial charge in [0.2, 0.25) is 11.7 Å². The Kier molecular flexibility index (Phi) is 5.70. The maximum absolute atomic E-state index is 11.9. The monoisotopic (exact) mass is 342 g/mol. The lowest BCUT2D eigenvalue weighted by Gasteiger charge is -2.10. The maximum Gasteiger partial charge on any atom is 0.243 e. The van der Waals surface area contributed by atoms with Crippen molar-refractivity contribution in [2.45, 2.75) is 19.0 Å². The summed E-state index contributed by atoms with van der Waals surface area (Å²) >= 11 is 5.83. The molecule has 9 heteroatoms. The molecule has 0 radical (unpaired) electrons. The minimum absolute atomic E-state index is 0. The number of nitrogens with one attached hydrogen (secondary N) is 2. The highest BCUT2D eigenvalue weighted by Gasteiger charge is 2.17. The molecule has 3 rings (SSSR count). The lowest BCUT2D eigenvalue weighted by Crippen LogP contribution is -2.38. The molecule has 1 saturated heterocycles. The summed E-state index contributed by atoms with van der Waals surface area (Å²) in [5, 5.41) is 18.8. The number of aromatic nitrogens is 4. The van der Waals surface area contributed by atoms with E-state index in [-0.39, 0.29) is 30.9 Å². The van der Waals surface area contributed by atoms with Gasteiger partial charge >= 0.3 is 0 Å². The zero-order valence-electron chi connectivity index (χ0n) is 11.7. The third-order valence-electron chi connectivity index (χ3n) is 3.27. The summed E-state index contributed by atoms with van der Waals surface area (Å²) in [4.78, 5) is 13.2. The Labute approximate surface area is 138 Å². The van der Waals surface area contributed by atoms with Gasteiger partial charge in [-0.05, 0) is 42.4 Å². The molecule has 1 aromatic heterocycles. The Morgan fingerprint density at radius 1 is 1.41 bits per heavy atom. The van der Waals surface area contributed by atoms with Crippen molar-refractivity contribution in [1.82, 2.24) is 30.8 Å². The zero-order chi connectivity index (χ0) is 14.7. The van der Waals surface area contributed by atoms with Gasteiger partial charge < -0.3 is 10.6 Å². The van der Waals surface area contributed by atoms with Crippen molar-refractivity contribution in [1.29, 1.82) is 0 Å². The molecule has 7 nitrogen and oxygen atoms in total. The van der Waals surface area contributed by atoms with Gasteiger partial charge in [-0.2, -0.15) is 4.80 Å². The van der Waals surface area contributed by atoms with Crippen LogP contribution >= 0.6 is 24.0 Å². The van der Waals surface area contributed by atoms with Crippen molar-refractivity contribution in [3.8, 4) is 11.4 Å². The number of tetrazole rings is 1. The van der Waals surface area contributed by atoms with Crippen molar-refractivity contribution < 1.29 is 4.79 Å². The normalized spacial score (nSPS) is 17.0. The summed E-state index contributed by atoms with van der Waals surface area (Å²) < 4.78 is 0. The van der Waals surface area contributed by atoms with Crippen LogP contribution in [0.5, 0.6) is 0 Å². The van der Waals surface area contributed by atoms with E-state index >= 15 is 0 Å². The Bertz CT molecular complexity index is 624. The number of hydrogen-bond acceptors (Lipinski definition) is 5. The molecular formula is C13H16Cl2N6O. The predicted octanol–water partition coefficient (Wildman–Crippen LogP) is 0.893. The van der Waals surface area contributed by atoms with E-state index < -0.39 is 0 Å². The lowest BCUT2D eigenvalue weighted by atomic mass is 10.2. The minimum Gasteiger partial charge on any atom is -0.350 e. The Morgan fingerprint density at radius 3 is 2.86 bits per heavy atom. The Balaban J connectivity index is 0.00000176. The van der Waals surface area contributed by atoms with Crippen LogP contribution in [0.1, 0.15) is 6.42 Å². The molecule has 0 spiro atoms. The van der Waals surface area contributed by atoms with Crippen molar-refractivity contribution in [2.75, 3.05) is 13.1 Å². The second kappa shape index (κ2) is 7.53. The van der Waals surface area contributed by atoms with Crippen LogP contribution in [0, 0.1) is 0 Å². The van der Waals surface area contributed by atoms with E-state index in [4.69, 9.17) is 11.6 Å². The van der Waals surface area contributed by atoms with Gasteiger partial charge in [-0.1, -0.05) is 11.6 Å². The molecule has 2 aromatic rings. The third kappa shape index (κ3) is 4.16. The number of nitrogens with zero attached hydrogens (tertiary/aromatic N) is 4. The van der Waals surface area contributed by atoms with E-state index in [1.54, 1.807) is 12.1 Å². The molecule has 1 atom stereocenters. The van der Waals surface area contributed by atoms with E-state index in [9.17, 15) is 4.79 Å². The largest absolute Gasteiger partial charge is 0.350 e. The van der Waals surface area contributed by atoms with Crippen molar-refractivity contribution in [2.24, 2.45) is 0 Å². The van der Waals surface area contributed by atoms with E-state index in [1.807, 2.05) is 12.1 Å². The molecule has 1 aliphatic heterocycles. The van der Waals surface area contributed by atoms with Gasteiger partial charge in [0.25, 0.3) is 0 Å². The molecule has 1 fully saturated rings. The fourth-order valence-corrected chi connectivity index (χ4v) is 2.33. The molecule has 1 aromatic carbocycles. The first kappa shape index (κ1) is 16.7. The van der Waals surface area contributed by atoms with Gasteiger partial charge in [0, 0.05) is 23.2 Å². The summed E-state index contributed by atoms with van der Waals surface area (Å²) in [6.45, 7) is 1.82. The molecule has 118 valence electrons. The van der Waals surface area contributed by atoms with E-state index in [2.05, 4.69) is 26.0 Å². The highest BCUT2D eigenvalue weighted by molar-refractivity contribution is 6.30. The van der Waals surface area contributed by atoms with Crippen molar-refractivity contribution in [3.63, 3.8) is 0 Å². The van der Waals surface area contributed by atoms with Crippen LogP contribution in [-0.4, -0.2) is 45.2 Å². The number of carbonyl (C=O) groups excluding carboxylic acids is 1. The molecular weight excluding hydrogens is 327 g/mol. The fourth-order valence-electron chi connectivity index (χ4n) is 2.20. The summed E-state index contributed by atoms with van der Waals surface area (Å²) in [5.41, 5.74) is 0.811. The van der Waals surface area contributed by atoms with E-state index in [0.717, 1.165) is 25.1 Å². The zero-order valence-corrected chi connectivity index (χ0v) is 13.3. The molecule has 0 aliphatic carbocycles. The van der Waals surface area contributed by atoms with Crippen LogP contribution in [0.4, 0.5) is 0 Å². The minimum atomic E-state index is -0.108. The molecule has 2 N–H and O–H groups in total. The van der Waals surface area contributed by atoms with Crippen LogP contribution in [-0.2, 0) is 11.3 Å². The van der Waals surface area contributed by atoms with Crippen LogP contribution in [0.2, 0.25) is 5.02 Å². The Hall–Kier alpha value is -1.70. The van der Waals surface area contributed by atoms with Gasteiger partial charge in [0.05, 0.1) is 0 Å². The second-order valence-electron chi connectivity index (χ2n) is 4.91. The smallest absolute Gasteiger partial charge is 0.243 e. The van der Waals surface area contributed by atoms with E-state index in [0.29, 0.717) is 10.8 Å². The SMILES string of the molecule is Cl.O=C(Cn1nnc(-c2ccc(Cl)cc2)n1)NC1CCNC1. The molecule has 0 bridgehead atoms. The number of amides is 1. The van der Waals surface area contributed by atoms with Gasteiger partial charge in [0.15, 0.2) is 0 Å². The summed E-state index contributed by atoms with van der Waals surface area (Å²) in [7, 11) is 0. The van der Waals surface area contributed by atoms with Crippen LogP contribution in [0.15, 0.2) is 24.3 Å². The Morgan fingerprint density at radius 2 is 2.18 bits per heavy atom. The average molecular weight is 343 g/mol. The number of halogens is 2. The fraction of sp³-hybridized carbons (Fsp3) is 0.385. The highest BCUT2D eigenvalue weighted by Crippen LogP contribution is 2.16. The number of hydrogen-bond donors (Lipinski definition) is 2. The first-order valence-corrected chi connectivity index (χ1v) is 7.12. The molecule has 1 aliphatic rings. The van der Waals surface area contributed by atoms with Gasteiger partial charge in [-0.25, -0.2) is 0 Å². The molecule has 2 heterocycles. The van der Waals surface area contributed by atoms with Gasteiger partial charge in [0.1, 0.15) is 6.54 Å². The molecule has 1 amide bonds. The number of carbonyl (C=O) groups is 1. The van der Waals surface area contributed by atoms with Crippen LogP contribution in [0.3, 0.4) is 0 Å². The standard InChI is InChI=1S/C13H15ClN6O.ClH/c14-10-3-1-9(2-4-10)13-17-19-20(18-13)8-12(21)16-11-5-6-15-7-11;/h1-4,11,15H,5-8H2,(H,16,21);1H. The topological polar surface area (TPSA) is 84.7 Å². The van der Waals surface area contributed by atoms with Crippen molar-refractivity contribution in [3.05, 3.63) is 29.3 Å². The van der Waals surface area contributed by atoms with Gasteiger partial charge in [-0.15, -0.1) is 22.6 Å². The molecule has 22 heavy (non-hydrogen) atoms. The number of rotatable bonds is 4. The summed E-state index contributed by atoms with van der Waals surface area (Å²) in [6.07, 6.45) is 0.951. The van der Waals surface area contributed by atoms with E-state index in [1.165, 1.54) is 4.80 Å². The first-order valence-electron chi connectivity index (χ1n) is 6.74. The predicted molar refractivity (Wildman–Crippen MR) is 84.9 cm³/mol. The van der Waals surface area contributed by atoms with Gasteiger partial charge in [-0.3, -0.25) is 4.79 Å². The quantitative estimate of drug-likeness (QED) is 0.861. The van der Waals surface area contributed by atoms with Crippen molar-refractivity contribution >= 4 is 29.9 Å². The summed E-state index contributed by atoms with van der Waals surface area (Å²) in [6, 6.07) is 7.34. The number of benzene rings is 1. The van der Waals surface area contributed by atoms with Crippen LogP contribution in [0.25, 0.3) is 11.4 Å². The third-order valence-corrected chi connectivity index (χ3v) is 3.52. The maximum atomic E-state index is 11.9. The molecule has 0 saturated carbocycles. The second-order valence-corrected chi connectivity index (χ2v) is 5.34. The molecule has 1 unspecified atom stereocenters.